The van der Waals surface area contributed by atoms with Crippen LogP contribution in [0.25, 0.3) is 0 Å². The Morgan fingerprint density at radius 2 is 1.76 bits per heavy atom. The Balaban J connectivity index is 0.00000312. The van der Waals surface area contributed by atoms with Gasteiger partial charge in [0.2, 0.25) is 5.91 Å². The molecule has 134 valence electrons. The van der Waals surface area contributed by atoms with Gasteiger partial charge < -0.3 is 16.4 Å². The van der Waals surface area contributed by atoms with Crippen LogP contribution in [0.5, 0.6) is 0 Å². The summed E-state index contributed by atoms with van der Waals surface area (Å²) in [5, 5.41) is 5.87. The van der Waals surface area contributed by atoms with Crippen molar-refractivity contribution in [3.05, 3.63) is 64.6 Å². The van der Waals surface area contributed by atoms with Crippen molar-refractivity contribution in [1.29, 1.82) is 0 Å². The second-order valence-electron chi connectivity index (χ2n) is 5.23. The Kier molecular flexibility index (Phi) is 10.2. The van der Waals surface area contributed by atoms with Crippen LogP contribution in [-0.2, 0) is 11.2 Å². The van der Waals surface area contributed by atoms with Crippen LogP contribution in [-0.4, -0.2) is 25.0 Å². The van der Waals surface area contributed by atoms with Gasteiger partial charge in [-0.15, -0.1) is 24.0 Å². The van der Waals surface area contributed by atoms with Crippen molar-refractivity contribution in [2.24, 2.45) is 10.7 Å². The molecule has 0 radical (unpaired) electrons. The number of nitrogens with two attached hydrogens (primary N) is 1. The lowest BCUT2D eigenvalue weighted by molar-refractivity contribution is -0.116. The summed E-state index contributed by atoms with van der Waals surface area (Å²) in [6.07, 6.45) is 1.16. The topological polar surface area (TPSA) is 79.5 Å². The number of nitrogens with one attached hydrogen (secondary N) is 2. The molecule has 0 heterocycles. The summed E-state index contributed by atoms with van der Waals surface area (Å²) in [6, 6.07) is 17.6. The second kappa shape index (κ2) is 11.9. The first-order valence-corrected chi connectivity index (χ1v) is 8.56. The first kappa shape index (κ1) is 21.4. The van der Waals surface area contributed by atoms with Crippen molar-refractivity contribution in [2.45, 2.75) is 12.8 Å². The number of hydrogen-bond donors (Lipinski definition) is 3. The number of carbonyl (C=O) groups is 1. The molecule has 2 aromatic carbocycles. The van der Waals surface area contributed by atoms with Crippen LogP contribution in [0.15, 0.2) is 64.1 Å². The van der Waals surface area contributed by atoms with Gasteiger partial charge in [0, 0.05) is 23.1 Å². The normalized spacial score (nSPS) is 10.7. The number of halogens is 2. The lowest BCUT2D eigenvalue weighted by atomic mass is 10.1. The summed E-state index contributed by atoms with van der Waals surface area (Å²) < 4.78 is 0.972. The molecule has 0 aliphatic carbocycles. The van der Waals surface area contributed by atoms with Crippen LogP contribution in [0, 0.1) is 0 Å². The Labute approximate surface area is 173 Å². The van der Waals surface area contributed by atoms with E-state index in [1.807, 2.05) is 42.5 Å². The van der Waals surface area contributed by atoms with Gasteiger partial charge in [-0.1, -0.05) is 46.3 Å². The predicted octanol–water partition coefficient (Wildman–Crippen LogP) is 3.54. The maximum Gasteiger partial charge on any atom is 0.226 e. The van der Waals surface area contributed by atoms with E-state index in [0.29, 0.717) is 19.0 Å². The fourth-order valence-electron chi connectivity index (χ4n) is 2.07. The minimum atomic E-state index is -0.0850. The minimum absolute atomic E-state index is 0. The molecule has 0 aliphatic rings. The van der Waals surface area contributed by atoms with E-state index in [1.165, 1.54) is 5.56 Å². The van der Waals surface area contributed by atoms with Gasteiger partial charge in [0.25, 0.3) is 0 Å². The van der Waals surface area contributed by atoms with Crippen molar-refractivity contribution < 1.29 is 4.79 Å². The molecule has 4 N–H and O–H groups in total. The molecule has 0 unspecified atom stereocenters. The number of benzene rings is 2. The molecular formula is C18H22BrIN4O. The van der Waals surface area contributed by atoms with E-state index in [-0.39, 0.29) is 36.3 Å². The Hall–Kier alpha value is -1.61. The smallest absolute Gasteiger partial charge is 0.226 e. The number of carbonyl (C=O) groups excluding carboxylic acids is 1. The average molecular weight is 517 g/mol. The fourth-order valence-corrected chi connectivity index (χ4v) is 2.33. The molecule has 7 heteroatoms. The first-order valence-electron chi connectivity index (χ1n) is 7.76. The number of hydrogen-bond acceptors (Lipinski definition) is 2. The molecule has 0 saturated heterocycles. The zero-order chi connectivity index (χ0) is 17.2. The van der Waals surface area contributed by atoms with Crippen LogP contribution in [0.2, 0.25) is 0 Å². The largest absolute Gasteiger partial charge is 0.370 e. The van der Waals surface area contributed by atoms with E-state index in [0.717, 1.165) is 16.6 Å². The van der Waals surface area contributed by atoms with Crippen LogP contribution < -0.4 is 16.4 Å². The van der Waals surface area contributed by atoms with Gasteiger partial charge in [-0.2, -0.15) is 0 Å². The van der Waals surface area contributed by atoms with E-state index in [4.69, 9.17) is 5.73 Å². The van der Waals surface area contributed by atoms with Gasteiger partial charge in [0.1, 0.15) is 0 Å². The molecule has 2 rings (SSSR count). The summed E-state index contributed by atoms with van der Waals surface area (Å²) in [6.45, 7) is 1.07. The molecule has 5 nitrogen and oxygen atoms in total. The Morgan fingerprint density at radius 3 is 2.44 bits per heavy atom. The van der Waals surface area contributed by atoms with Crippen molar-refractivity contribution in [3.63, 3.8) is 0 Å². The number of guanidine groups is 1. The van der Waals surface area contributed by atoms with E-state index in [1.54, 1.807) is 0 Å². The van der Waals surface area contributed by atoms with Gasteiger partial charge in [-0.05, 0) is 36.2 Å². The van der Waals surface area contributed by atoms with Crippen LogP contribution in [0.4, 0.5) is 5.69 Å². The van der Waals surface area contributed by atoms with Gasteiger partial charge in [0.15, 0.2) is 5.96 Å². The number of rotatable bonds is 7. The molecule has 2 aromatic rings. The molecule has 0 saturated carbocycles. The number of anilines is 1. The van der Waals surface area contributed by atoms with E-state index in [9.17, 15) is 4.79 Å². The third kappa shape index (κ3) is 8.87. The summed E-state index contributed by atoms with van der Waals surface area (Å²) in [4.78, 5) is 16.0. The zero-order valence-corrected chi connectivity index (χ0v) is 17.7. The van der Waals surface area contributed by atoms with Gasteiger partial charge in [-0.25, -0.2) is 0 Å². The maximum absolute atomic E-state index is 11.8. The minimum Gasteiger partial charge on any atom is -0.370 e. The molecular weight excluding hydrogens is 495 g/mol. The lowest BCUT2D eigenvalue weighted by Gasteiger charge is -2.06. The summed E-state index contributed by atoms with van der Waals surface area (Å²) >= 11 is 3.35. The van der Waals surface area contributed by atoms with Crippen molar-refractivity contribution >= 4 is 57.5 Å². The second-order valence-corrected chi connectivity index (χ2v) is 6.15. The third-order valence-corrected chi connectivity index (χ3v) is 3.84. The van der Waals surface area contributed by atoms with Crippen LogP contribution in [0.1, 0.15) is 12.0 Å². The molecule has 0 fully saturated rings. The lowest BCUT2D eigenvalue weighted by Crippen LogP contribution is -2.33. The molecule has 0 bridgehead atoms. The number of nitrogens with zero attached hydrogens (tertiary/aromatic N) is 1. The van der Waals surface area contributed by atoms with E-state index < -0.39 is 0 Å². The highest BCUT2D eigenvalue weighted by molar-refractivity contribution is 14.0. The summed E-state index contributed by atoms with van der Waals surface area (Å²) in [5.74, 6) is 0.278. The van der Waals surface area contributed by atoms with Crippen molar-refractivity contribution in [2.75, 3.05) is 18.4 Å². The molecule has 0 aromatic heterocycles. The van der Waals surface area contributed by atoms with Gasteiger partial charge >= 0.3 is 0 Å². The molecule has 0 aliphatic heterocycles. The third-order valence-electron chi connectivity index (χ3n) is 3.31. The molecule has 1 amide bonds. The maximum atomic E-state index is 11.8. The highest BCUT2D eigenvalue weighted by Gasteiger charge is 2.02. The van der Waals surface area contributed by atoms with E-state index in [2.05, 4.69) is 43.7 Å². The van der Waals surface area contributed by atoms with E-state index >= 15 is 0 Å². The molecule has 25 heavy (non-hydrogen) atoms. The van der Waals surface area contributed by atoms with Gasteiger partial charge in [-0.3, -0.25) is 9.79 Å². The van der Waals surface area contributed by atoms with Crippen molar-refractivity contribution in [1.82, 2.24) is 5.32 Å². The van der Waals surface area contributed by atoms with Crippen LogP contribution in [0.3, 0.4) is 0 Å². The Morgan fingerprint density at radius 1 is 1.08 bits per heavy atom. The van der Waals surface area contributed by atoms with Crippen molar-refractivity contribution in [3.8, 4) is 0 Å². The Bertz CT molecular complexity index is 677. The quantitative estimate of drug-likeness (QED) is 0.299. The number of amides is 1. The summed E-state index contributed by atoms with van der Waals surface area (Å²) in [7, 11) is 0. The highest BCUT2D eigenvalue weighted by atomic mass is 127. The molecule has 0 spiro atoms. The van der Waals surface area contributed by atoms with Gasteiger partial charge in [0.05, 0.1) is 6.54 Å². The first-order chi connectivity index (χ1) is 11.6. The average Bonchev–Trinajstić information content (AvgIpc) is 2.58. The number of aliphatic imine (C=N–C) groups is 1. The van der Waals surface area contributed by atoms with Crippen LogP contribution >= 0.6 is 39.9 Å². The fraction of sp³-hybridized carbons (Fsp3) is 0.222. The predicted molar refractivity (Wildman–Crippen MR) is 117 cm³/mol. The highest BCUT2D eigenvalue weighted by Crippen LogP contribution is 2.14. The zero-order valence-electron chi connectivity index (χ0n) is 13.7. The summed E-state index contributed by atoms with van der Waals surface area (Å²) in [5.41, 5.74) is 7.80. The monoisotopic (exact) mass is 516 g/mol. The SMILES string of the molecule is I.NC(=NCCC(=O)Nc1ccc(Br)cc1)NCCc1ccccc1. The standard InChI is InChI=1S/C18H21BrN4O.HI/c19-15-6-8-16(9-7-15)23-17(24)11-13-22-18(20)21-12-10-14-4-2-1-3-5-14;/h1-9H,10-13H2,(H,23,24)(H3,20,21,22);1H. The molecule has 0 atom stereocenters.